The lowest BCUT2D eigenvalue weighted by Crippen LogP contribution is -2.52. The Labute approximate surface area is 105 Å². The van der Waals surface area contributed by atoms with E-state index in [2.05, 4.69) is 5.32 Å². The number of aliphatic carboxylic acids is 2. The highest BCUT2D eigenvalue weighted by Crippen LogP contribution is 2.27. The first-order chi connectivity index (χ1) is 8.35. The number of rotatable bonds is 5. The molecule has 1 heterocycles. The van der Waals surface area contributed by atoms with E-state index in [1.165, 1.54) is 0 Å². The Balaban J connectivity index is 2.79. The molecule has 7 heteroatoms. The van der Waals surface area contributed by atoms with E-state index in [9.17, 15) is 14.4 Å². The minimum atomic E-state index is -1.21. The maximum atomic E-state index is 12.3. The SMILES string of the molecule is CC1(C(=O)N(CC(=O)O)CC(=O)O)CCCNC1. The fourth-order valence-corrected chi connectivity index (χ4v) is 2.15. The van der Waals surface area contributed by atoms with Crippen LogP contribution in [0.15, 0.2) is 0 Å². The zero-order valence-corrected chi connectivity index (χ0v) is 10.3. The summed E-state index contributed by atoms with van der Waals surface area (Å²) in [5, 5.41) is 20.5. The quantitative estimate of drug-likeness (QED) is 0.606. The average Bonchev–Trinajstić information content (AvgIpc) is 2.27. The van der Waals surface area contributed by atoms with Crippen molar-refractivity contribution in [2.24, 2.45) is 5.41 Å². The highest BCUT2D eigenvalue weighted by atomic mass is 16.4. The van der Waals surface area contributed by atoms with Crippen LogP contribution >= 0.6 is 0 Å². The smallest absolute Gasteiger partial charge is 0.323 e. The second kappa shape index (κ2) is 5.81. The largest absolute Gasteiger partial charge is 0.480 e. The number of hydrogen-bond acceptors (Lipinski definition) is 4. The normalized spacial score (nSPS) is 23.4. The number of carbonyl (C=O) groups is 3. The molecule has 18 heavy (non-hydrogen) atoms. The number of carbonyl (C=O) groups excluding carboxylic acids is 1. The van der Waals surface area contributed by atoms with E-state index >= 15 is 0 Å². The van der Waals surface area contributed by atoms with Gasteiger partial charge in [0.1, 0.15) is 13.1 Å². The lowest BCUT2D eigenvalue weighted by Gasteiger charge is -2.36. The third-order valence-corrected chi connectivity index (χ3v) is 3.05. The first kappa shape index (κ1) is 14.4. The van der Waals surface area contributed by atoms with Gasteiger partial charge in [-0.3, -0.25) is 14.4 Å². The molecule has 102 valence electrons. The van der Waals surface area contributed by atoms with Gasteiger partial charge in [-0.1, -0.05) is 0 Å². The molecular weight excluding hydrogens is 240 g/mol. The van der Waals surface area contributed by atoms with Gasteiger partial charge in [-0.15, -0.1) is 0 Å². The van der Waals surface area contributed by atoms with Crippen molar-refractivity contribution in [2.75, 3.05) is 26.2 Å². The summed E-state index contributed by atoms with van der Waals surface area (Å²) in [5.74, 6) is -2.84. The van der Waals surface area contributed by atoms with Crippen molar-refractivity contribution in [3.63, 3.8) is 0 Å². The highest BCUT2D eigenvalue weighted by Gasteiger charge is 2.38. The summed E-state index contributed by atoms with van der Waals surface area (Å²) in [6.45, 7) is 1.84. The molecule has 1 aliphatic heterocycles. The molecule has 1 rings (SSSR count). The molecule has 0 aliphatic carbocycles. The van der Waals surface area contributed by atoms with E-state index in [0.29, 0.717) is 13.0 Å². The first-order valence-corrected chi connectivity index (χ1v) is 5.79. The molecule has 0 spiro atoms. The van der Waals surface area contributed by atoms with Crippen molar-refractivity contribution in [2.45, 2.75) is 19.8 Å². The number of nitrogens with zero attached hydrogens (tertiary/aromatic N) is 1. The Morgan fingerprint density at radius 2 is 1.78 bits per heavy atom. The predicted molar refractivity (Wildman–Crippen MR) is 62.1 cm³/mol. The minimum absolute atomic E-state index is 0.417. The molecule has 0 radical (unpaired) electrons. The molecule has 0 aromatic carbocycles. The van der Waals surface area contributed by atoms with Gasteiger partial charge >= 0.3 is 11.9 Å². The van der Waals surface area contributed by atoms with Gasteiger partial charge in [0.25, 0.3) is 0 Å². The minimum Gasteiger partial charge on any atom is -0.480 e. The summed E-state index contributed by atoms with van der Waals surface area (Å²) in [7, 11) is 0. The van der Waals surface area contributed by atoms with E-state index in [-0.39, 0.29) is 0 Å². The summed E-state index contributed by atoms with van der Waals surface area (Å²) in [6, 6.07) is 0. The Morgan fingerprint density at radius 1 is 1.22 bits per heavy atom. The molecule has 0 saturated carbocycles. The van der Waals surface area contributed by atoms with Crippen LogP contribution in [-0.4, -0.2) is 59.1 Å². The molecule has 0 bridgehead atoms. The summed E-state index contributed by atoms with van der Waals surface area (Å²) in [6.07, 6.45) is 1.45. The van der Waals surface area contributed by atoms with E-state index in [1.807, 2.05) is 0 Å². The number of nitrogens with one attached hydrogen (secondary N) is 1. The lowest BCUT2D eigenvalue weighted by atomic mass is 9.81. The summed E-state index contributed by atoms with van der Waals surface area (Å²) < 4.78 is 0. The first-order valence-electron chi connectivity index (χ1n) is 5.79. The molecule has 3 N–H and O–H groups in total. The van der Waals surface area contributed by atoms with Crippen molar-refractivity contribution in [3.8, 4) is 0 Å². The molecule has 7 nitrogen and oxygen atoms in total. The topological polar surface area (TPSA) is 107 Å². The van der Waals surface area contributed by atoms with Crippen LogP contribution in [0.4, 0.5) is 0 Å². The maximum Gasteiger partial charge on any atom is 0.323 e. The van der Waals surface area contributed by atoms with Crippen LogP contribution in [0.1, 0.15) is 19.8 Å². The third-order valence-electron chi connectivity index (χ3n) is 3.05. The molecular formula is C11H18N2O5. The second-order valence-electron chi connectivity index (χ2n) is 4.79. The van der Waals surface area contributed by atoms with Crippen molar-refractivity contribution in [1.82, 2.24) is 10.2 Å². The fraction of sp³-hybridized carbons (Fsp3) is 0.727. The van der Waals surface area contributed by atoms with E-state index in [1.54, 1.807) is 6.92 Å². The molecule has 1 fully saturated rings. The van der Waals surface area contributed by atoms with Crippen LogP contribution in [0.25, 0.3) is 0 Å². The number of amides is 1. The van der Waals surface area contributed by atoms with Crippen LogP contribution in [0.2, 0.25) is 0 Å². The Hall–Kier alpha value is -1.63. The molecule has 1 atom stereocenters. The van der Waals surface area contributed by atoms with Gasteiger partial charge in [0.15, 0.2) is 0 Å². The fourth-order valence-electron chi connectivity index (χ4n) is 2.15. The lowest BCUT2D eigenvalue weighted by molar-refractivity contribution is -0.154. The summed E-state index contributed by atoms with van der Waals surface area (Å²) in [4.78, 5) is 34.5. The van der Waals surface area contributed by atoms with Crippen LogP contribution in [0.3, 0.4) is 0 Å². The van der Waals surface area contributed by atoms with Gasteiger partial charge in [-0.2, -0.15) is 0 Å². The van der Waals surface area contributed by atoms with Gasteiger partial charge < -0.3 is 20.4 Å². The predicted octanol–water partition coefficient (Wildman–Crippen LogP) is -0.626. The number of carboxylic acids is 2. The average molecular weight is 258 g/mol. The molecule has 1 unspecified atom stereocenters. The maximum absolute atomic E-state index is 12.3. The highest BCUT2D eigenvalue weighted by molar-refractivity contribution is 5.88. The number of hydrogen-bond donors (Lipinski definition) is 3. The van der Waals surface area contributed by atoms with Crippen LogP contribution < -0.4 is 5.32 Å². The Bertz CT molecular complexity index is 333. The van der Waals surface area contributed by atoms with Crippen molar-refractivity contribution in [3.05, 3.63) is 0 Å². The van der Waals surface area contributed by atoms with E-state index in [0.717, 1.165) is 17.9 Å². The van der Waals surface area contributed by atoms with Gasteiger partial charge in [-0.05, 0) is 26.3 Å². The van der Waals surface area contributed by atoms with Crippen LogP contribution in [0, 0.1) is 5.41 Å². The summed E-state index contributed by atoms with van der Waals surface area (Å²) in [5.41, 5.74) is -0.719. The van der Waals surface area contributed by atoms with Crippen LogP contribution in [0.5, 0.6) is 0 Å². The van der Waals surface area contributed by atoms with E-state index in [4.69, 9.17) is 10.2 Å². The standard InChI is InChI=1S/C11H18N2O5/c1-11(3-2-4-12-7-11)10(18)13(5-8(14)15)6-9(16)17/h12H,2-7H2,1H3,(H,14,15)(H,16,17). The van der Waals surface area contributed by atoms with Gasteiger partial charge in [0.2, 0.25) is 5.91 Å². The van der Waals surface area contributed by atoms with Crippen molar-refractivity contribution >= 4 is 17.8 Å². The van der Waals surface area contributed by atoms with E-state index < -0.39 is 36.4 Å². The van der Waals surface area contributed by atoms with Gasteiger partial charge in [0.05, 0.1) is 5.41 Å². The zero-order valence-electron chi connectivity index (χ0n) is 10.3. The molecule has 1 saturated heterocycles. The van der Waals surface area contributed by atoms with Crippen molar-refractivity contribution < 1.29 is 24.6 Å². The third kappa shape index (κ3) is 3.69. The van der Waals surface area contributed by atoms with Gasteiger partial charge in [0, 0.05) is 6.54 Å². The zero-order chi connectivity index (χ0) is 13.8. The van der Waals surface area contributed by atoms with Crippen molar-refractivity contribution in [1.29, 1.82) is 0 Å². The molecule has 0 aromatic heterocycles. The Morgan fingerprint density at radius 3 is 2.17 bits per heavy atom. The molecule has 1 amide bonds. The van der Waals surface area contributed by atoms with Gasteiger partial charge in [-0.25, -0.2) is 0 Å². The Kier molecular flexibility index (Phi) is 4.66. The second-order valence-corrected chi connectivity index (χ2v) is 4.79. The van der Waals surface area contributed by atoms with Crippen LogP contribution in [-0.2, 0) is 14.4 Å². The monoisotopic (exact) mass is 258 g/mol. The number of carboxylic acid groups (broad SMARTS) is 2. The molecule has 1 aliphatic rings. The number of piperidine rings is 1. The molecule has 0 aromatic rings. The summed E-state index contributed by atoms with van der Waals surface area (Å²) >= 11 is 0.